The quantitative estimate of drug-likeness (QED) is 0.188. The maximum Gasteiger partial charge on any atom is 0.294 e. The highest BCUT2D eigenvalue weighted by Gasteiger charge is 2.30. The smallest absolute Gasteiger partial charge is 0.294 e. The fraction of sp³-hybridized carbons (Fsp3) is 0.281. The number of amides is 2. The van der Waals surface area contributed by atoms with Crippen molar-refractivity contribution < 1.29 is 23.8 Å². The number of halogens is 1. The van der Waals surface area contributed by atoms with Gasteiger partial charge in [-0.25, -0.2) is 0 Å². The predicted octanol–water partition coefficient (Wildman–Crippen LogP) is 5.50. The molecule has 0 bridgehead atoms. The van der Waals surface area contributed by atoms with E-state index in [0.717, 1.165) is 12.1 Å². The first kappa shape index (κ1) is 31.5. The number of hydrogen-bond donors (Lipinski definition) is 1. The van der Waals surface area contributed by atoms with E-state index >= 15 is 0 Å². The predicted molar refractivity (Wildman–Crippen MR) is 171 cm³/mol. The number of nitrogens with zero attached hydrogens (tertiary/aromatic N) is 5. The number of carbonyl (C=O) groups is 2. The van der Waals surface area contributed by atoms with E-state index in [1.165, 1.54) is 12.1 Å². The van der Waals surface area contributed by atoms with E-state index in [2.05, 4.69) is 10.5 Å². The topological polar surface area (TPSA) is 134 Å². The maximum absolute atomic E-state index is 13.7. The van der Waals surface area contributed by atoms with Gasteiger partial charge in [-0.1, -0.05) is 41.0 Å². The van der Waals surface area contributed by atoms with Crippen LogP contribution in [0.25, 0.3) is 11.3 Å². The lowest BCUT2D eigenvalue weighted by molar-refractivity contribution is -0.383. The van der Waals surface area contributed by atoms with E-state index in [1.54, 1.807) is 43.2 Å². The molecule has 4 aromatic rings. The molecule has 1 N–H and O–H groups in total. The van der Waals surface area contributed by atoms with E-state index in [1.807, 2.05) is 48.2 Å². The molecule has 1 saturated heterocycles. The molecule has 234 valence electrons. The summed E-state index contributed by atoms with van der Waals surface area (Å²) in [5.74, 6) is 0.347. The largest absolute Gasteiger partial charge is 0.497 e. The van der Waals surface area contributed by atoms with Crippen LogP contribution >= 0.6 is 11.6 Å². The molecule has 0 radical (unpaired) electrons. The van der Waals surface area contributed by atoms with Gasteiger partial charge in [0.15, 0.2) is 0 Å². The van der Waals surface area contributed by atoms with Gasteiger partial charge in [-0.15, -0.1) is 0 Å². The summed E-state index contributed by atoms with van der Waals surface area (Å²) in [5.41, 5.74) is 3.15. The molecule has 2 amide bonds. The lowest BCUT2D eigenvalue weighted by atomic mass is 10.0. The van der Waals surface area contributed by atoms with Gasteiger partial charge in [-0.2, -0.15) is 0 Å². The fourth-order valence-electron chi connectivity index (χ4n) is 5.27. The minimum absolute atomic E-state index is 0.0308. The Labute approximate surface area is 265 Å². The van der Waals surface area contributed by atoms with Crippen molar-refractivity contribution in [2.45, 2.75) is 13.5 Å². The summed E-state index contributed by atoms with van der Waals surface area (Å²) in [5, 5.41) is 18.9. The van der Waals surface area contributed by atoms with Crippen molar-refractivity contribution in [3.8, 4) is 17.0 Å². The van der Waals surface area contributed by atoms with Gasteiger partial charge in [0.2, 0.25) is 0 Å². The first-order valence-electron chi connectivity index (χ1n) is 14.2. The highest BCUT2D eigenvalue weighted by molar-refractivity contribution is 6.33. The second kappa shape index (κ2) is 13.4. The lowest BCUT2D eigenvalue weighted by Gasteiger charge is -2.36. The summed E-state index contributed by atoms with van der Waals surface area (Å²) in [6.45, 7) is 3.94. The van der Waals surface area contributed by atoms with E-state index in [9.17, 15) is 19.7 Å². The van der Waals surface area contributed by atoms with E-state index in [-0.39, 0.29) is 22.3 Å². The van der Waals surface area contributed by atoms with E-state index in [0.29, 0.717) is 65.8 Å². The van der Waals surface area contributed by atoms with Crippen LogP contribution in [0.15, 0.2) is 65.2 Å². The van der Waals surface area contributed by atoms with Crippen molar-refractivity contribution in [1.82, 2.24) is 15.0 Å². The first-order chi connectivity index (χ1) is 21.5. The number of methoxy groups -OCH3 is 1. The van der Waals surface area contributed by atoms with E-state index in [4.69, 9.17) is 20.9 Å². The minimum Gasteiger partial charge on any atom is -0.497 e. The van der Waals surface area contributed by atoms with Crippen LogP contribution in [-0.2, 0) is 6.54 Å². The van der Waals surface area contributed by atoms with Gasteiger partial charge >= 0.3 is 0 Å². The molecule has 1 aliphatic rings. The molecular weight excluding hydrogens is 600 g/mol. The number of ether oxygens (including phenoxy) is 1. The van der Waals surface area contributed by atoms with Crippen molar-refractivity contribution in [2.75, 3.05) is 57.6 Å². The zero-order valence-electron chi connectivity index (χ0n) is 25.4. The minimum atomic E-state index is -0.580. The number of rotatable bonds is 9. The van der Waals surface area contributed by atoms with Gasteiger partial charge in [0, 0.05) is 49.9 Å². The molecule has 1 aromatic heterocycles. The van der Waals surface area contributed by atoms with Crippen LogP contribution in [0.5, 0.6) is 5.75 Å². The summed E-state index contributed by atoms with van der Waals surface area (Å²) < 4.78 is 10.7. The molecule has 3 aromatic carbocycles. The normalized spacial score (nSPS) is 13.2. The van der Waals surface area contributed by atoms with Crippen LogP contribution in [0.2, 0.25) is 5.02 Å². The van der Waals surface area contributed by atoms with E-state index < -0.39 is 10.8 Å². The maximum atomic E-state index is 13.7. The summed E-state index contributed by atoms with van der Waals surface area (Å²) in [6, 6.07) is 17.1. The molecule has 2 heterocycles. The monoisotopic (exact) mass is 632 g/mol. The Morgan fingerprint density at radius 3 is 2.44 bits per heavy atom. The Bertz CT molecular complexity index is 1730. The molecule has 0 atom stereocenters. The molecule has 45 heavy (non-hydrogen) atoms. The molecule has 12 nitrogen and oxygen atoms in total. The van der Waals surface area contributed by atoms with Crippen molar-refractivity contribution in [3.05, 3.63) is 98.3 Å². The Hall–Kier alpha value is -4.94. The number of nitrogens with one attached hydrogen (secondary N) is 1. The molecule has 0 unspecified atom stereocenters. The fourth-order valence-corrected chi connectivity index (χ4v) is 5.54. The van der Waals surface area contributed by atoms with Crippen LogP contribution in [-0.4, -0.2) is 79.1 Å². The third-order valence-electron chi connectivity index (χ3n) is 7.55. The van der Waals surface area contributed by atoms with Crippen LogP contribution in [0.1, 0.15) is 32.0 Å². The van der Waals surface area contributed by atoms with Crippen molar-refractivity contribution in [1.29, 1.82) is 0 Å². The van der Waals surface area contributed by atoms with Crippen molar-refractivity contribution in [2.24, 2.45) is 0 Å². The van der Waals surface area contributed by atoms with Gasteiger partial charge in [-0.05, 0) is 56.9 Å². The summed E-state index contributed by atoms with van der Waals surface area (Å²) >= 11 is 6.53. The standard InChI is InChI=1S/C32H33ClN6O6/c1-20-29(30(35-45-20)23-6-5-7-24(16-23)44-4)32(41)38-14-12-37(13-15-38)27-18-26(28(39(42)43)17-25(27)33)34-31(40)22-10-8-21(9-11-22)19-36(2)3/h5-11,16-18H,12-15,19H2,1-4H3,(H,34,40). The number of hydrogen-bond acceptors (Lipinski definition) is 9. The molecular formula is C32H33ClN6O6. The van der Waals surface area contributed by atoms with Gasteiger partial charge in [0.25, 0.3) is 17.5 Å². The molecule has 0 spiro atoms. The number of carbonyl (C=O) groups excluding carboxylic acids is 2. The number of benzene rings is 3. The SMILES string of the molecule is COc1cccc(-c2noc(C)c2C(=O)N2CCN(c3cc(NC(=O)c4ccc(CN(C)C)cc4)c([N+](=O)[O-])cc3Cl)CC2)c1. The number of nitro groups is 1. The molecule has 0 aliphatic carbocycles. The molecule has 1 fully saturated rings. The number of piperazine rings is 1. The first-order valence-corrected chi connectivity index (χ1v) is 14.6. The third-order valence-corrected chi connectivity index (χ3v) is 7.86. The lowest BCUT2D eigenvalue weighted by Crippen LogP contribution is -2.49. The zero-order chi connectivity index (χ0) is 32.2. The second-order valence-corrected chi connectivity index (χ2v) is 11.3. The Balaban J connectivity index is 1.32. The summed E-state index contributed by atoms with van der Waals surface area (Å²) in [6.07, 6.45) is 0. The Kier molecular flexibility index (Phi) is 9.35. The average Bonchev–Trinajstić information content (AvgIpc) is 3.42. The van der Waals surface area contributed by atoms with Crippen LogP contribution in [0, 0.1) is 17.0 Å². The van der Waals surface area contributed by atoms with Crippen molar-refractivity contribution >= 4 is 40.5 Å². The van der Waals surface area contributed by atoms with Gasteiger partial charge in [0.05, 0.1) is 22.7 Å². The summed E-state index contributed by atoms with van der Waals surface area (Å²) in [4.78, 5) is 43.7. The summed E-state index contributed by atoms with van der Waals surface area (Å²) in [7, 11) is 5.47. The van der Waals surface area contributed by atoms with Crippen LogP contribution < -0.4 is 15.0 Å². The molecule has 1 aliphatic heterocycles. The van der Waals surface area contributed by atoms with Gasteiger partial charge < -0.3 is 29.3 Å². The highest BCUT2D eigenvalue weighted by Crippen LogP contribution is 2.37. The number of aryl methyl sites for hydroxylation is 1. The molecule has 5 rings (SSSR count). The highest BCUT2D eigenvalue weighted by atomic mass is 35.5. The second-order valence-electron chi connectivity index (χ2n) is 10.9. The number of nitro benzene ring substituents is 1. The van der Waals surface area contributed by atoms with Crippen molar-refractivity contribution in [3.63, 3.8) is 0 Å². The van der Waals surface area contributed by atoms with Crippen LogP contribution in [0.4, 0.5) is 17.1 Å². The number of anilines is 2. The van der Waals surface area contributed by atoms with Gasteiger partial charge in [-0.3, -0.25) is 19.7 Å². The average molecular weight is 633 g/mol. The number of aromatic nitrogens is 1. The Morgan fingerprint density at radius 1 is 1.09 bits per heavy atom. The Morgan fingerprint density at radius 2 is 1.80 bits per heavy atom. The molecule has 13 heteroatoms. The third kappa shape index (κ3) is 6.92. The molecule has 0 saturated carbocycles. The van der Waals surface area contributed by atoms with Gasteiger partial charge in [0.1, 0.15) is 28.5 Å². The zero-order valence-corrected chi connectivity index (χ0v) is 26.1. The van der Waals surface area contributed by atoms with Crippen LogP contribution in [0.3, 0.4) is 0 Å².